The zero-order valence-corrected chi connectivity index (χ0v) is 23.9. The number of allylic oxidation sites excluding steroid dienone is 2. The molecule has 3 atom stereocenters. The fourth-order valence-electron chi connectivity index (χ4n) is 5.29. The highest BCUT2D eigenvalue weighted by Gasteiger charge is 2.38. The number of aliphatic hydroxyl groups excluding tert-OH is 1. The zero-order chi connectivity index (χ0) is 28.4. The number of carbonyl (C=O) groups is 1. The van der Waals surface area contributed by atoms with E-state index in [2.05, 4.69) is 11.4 Å². The Bertz CT molecular complexity index is 1390. The Labute approximate surface area is 235 Å². The summed E-state index contributed by atoms with van der Waals surface area (Å²) in [6, 6.07) is 9.48. The van der Waals surface area contributed by atoms with Crippen LogP contribution in [0.25, 0.3) is 5.57 Å². The molecule has 0 saturated carbocycles. The van der Waals surface area contributed by atoms with Crippen molar-refractivity contribution < 1.29 is 32.5 Å². The van der Waals surface area contributed by atoms with E-state index in [0.717, 1.165) is 31.2 Å². The molecule has 0 spiro atoms. The molecule has 0 fully saturated rings. The van der Waals surface area contributed by atoms with Gasteiger partial charge < -0.3 is 29.5 Å². The van der Waals surface area contributed by atoms with E-state index in [-0.39, 0.29) is 49.1 Å². The first kappa shape index (κ1) is 28.3. The van der Waals surface area contributed by atoms with E-state index in [1.54, 1.807) is 38.2 Å². The van der Waals surface area contributed by atoms with Crippen molar-refractivity contribution >= 4 is 27.3 Å². The molecular formula is C29H37N3O7S. The molecule has 0 aromatic heterocycles. The van der Waals surface area contributed by atoms with Crippen molar-refractivity contribution in [1.29, 1.82) is 0 Å². The van der Waals surface area contributed by atoms with Gasteiger partial charge in [0, 0.05) is 37.3 Å². The van der Waals surface area contributed by atoms with E-state index in [0.29, 0.717) is 17.2 Å². The second-order valence-electron chi connectivity index (χ2n) is 10.8. The third-order valence-corrected chi connectivity index (χ3v) is 9.77. The number of nitrogens with one attached hydrogen (secondary N) is 1. The van der Waals surface area contributed by atoms with Gasteiger partial charge in [0.25, 0.3) is 0 Å². The maximum absolute atomic E-state index is 13.8. The molecule has 0 radical (unpaired) electrons. The normalized spacial score (nSPS) is 22.6. The standard InChI is InChI=1S/C29H37N3O7S/c1-19-15-32(20(2)17-33)40(35,36)28-12-9-22(21-7-5-4-6-8-21)13-26(28)39-27(19)16-31(3)29(34)30-23-10-11-24-25(14-23)38-18-37-24/h7,9-14,19-20,27,33H,4-6,8,15-18H2,1-3H3,(H,30,34)/t19-,20-,27-/m0/s1. The van der Waals surface area contributed by atoms with E-state index in [9.17, 15) is 18.3 Å². The number of anilines is 1. The number of carbonyl (C=O) groups excluding carboxylic acids is 1. The number of fused-ring (bicyclic) bond motifs is 2. The number of hydrogen-bond acceptors (Lipinski definition) is 7. The second-order valence-corrected chi connectivity index (χ2v) is 12.6. The summed E-state index contributed by atoms with van der Waals surface area (Å²) in [4.78, 5) is 14.7. The van der Waals surface area contributed by atoms with Crippen LogP contribution in [0.15, 0.2) is 47.4 Å². The monoisotopic (exact) mass is 571 g/mol. The maximum Gasteiger partial charge on any atom is 0.321 e. The highest BCUT2D eigenvalue weighted by Crippen LogP contribution is 2.38. The van der Waals surface area contributed by atoms with Crippen molar-refractivity contribution in [1.82, 2.24) is 9.21 Å². The predicted octanol–water partition coefficient (Wildman–Crippen LogP) is 4.31. The highest BCUT2D eigenvalue weighted by molar-refractivity contribution is 7.89. The summed E-state index contributed by atoms with van der Waals surface area (Å²) < 4.78 is 46.1. The van der Waals surface area contributed by atoms with Gasteiger partial charge in [0.1, 0.15) is 16.7 Å². The lowest BCUT2D eigenvalue weighted by molar-refractivity contribution is 0.0830. The van der Waals surface area contributed by atoms with Crippen LogP contribution in [0.2, 0.25) is 0 Å². The second kappa shape index (κ2) is 11.7. The Kier molecular flexibility index (Phi) is 8.25. The Morgan fingerprint density at radius 3 is 2.70 bits per heavy atom. The van der Waals surface area contributed by atoms with E-state index >= 15 is 0 Å². The first-order valence-corrected chi connectivity index (χ1v) is 15.2. The summed E-state index contributed by atoms with van der Waals surface area (Å²) in [5.41, 5.74) is 2.69. The molecule has 0 bridgehead atoms. The van der Waals surface area contributed by atoms with Crippen LogP contribution in [0.1, 0.15) is 45.1 Å². The summed E-state index contributed by atoms with van der Waals surface area (Å²) in [6.07, 6.45) is 5.86. The van der Waals surface area contributed by atoms with Crippen LogP contribution in [-0.4, -0.2) is 74.4 Å². The third-order valence-electron chi connectivity index (χ3n) is 7.75. The van der Waals surface area contributed by atoms with Crippen molar-refractivity contribution in [3.63, 3.8) is 0 Å². The van der Waals surface area contributed by atoms with Crippen LogP contribution in [-0.2, 0) is 10.0 Å². The molecule has 0 saturated heterocycles. The Hall–Kier alpha value is -3.28. The van der Waals surface area contributed by atoms with Crippen LogP contribution >= 0.6 is 0 Å². The van der Waals surface area contributed by atoms with Gasteiger partial charge >= 0.3 is 6.03 Å². The van der Waals surface area contributed by atoms with Crippen molar-refractivity contribution in [3.8, 4) is 17.2 Å². The van der Waals surface area contributed by atoms with Crippen LogP contribution < -0.4 is 19.5 Å². The topological polar surface area (TPSA) is 118 Å². The fourth-order valence-corrected chi connectivity index (χ4v) is 7.12. The van der Waals surface area contributed by atoms with Crippen molar-refractivity contribution in [2.24, 2.45) is 5.92 Å². The van der Waals surface area contributed by atoms with Gasteiger partial charge in [-0.2, -0.15) is 4.31 Å². The highest BCUT2D eigenvalue weighted by atomic mass is 32.2. The summed E-state index contributed by atoms with van der Waals surface area (Å²) >= 11 is 0. The lowest BCUT2D eigenvalue weighted by Crippen LogP contribution is -2.50. The molecule has 3 aliphatic rings. The summed E-state index contributed by atoms with van der Waals surface area (Å²) in [7, 11) is -2.26. The summed E-state index contributed by atoms with van der Waals surface area (Å²) in [5, 5.41) is 12.8. The third kappa shape index (κ3) is 5.77. The van der Waals surface area contributed by atoms with Crippen molar-refractivity contribution in [2.75, 3.05) is 38.9 Å². The molecule has 1 aliphatic carbocycles. The van der Waals surface area contributed by atoms with Gasteiger partial charge in [0.15, 0.2) is 11.5 Å². The van der Waals surface area contributed by atoms with Gasteiger partial charge in [-0.05, 0) is 68.0 Å². The SMILES string of the molecule is C[C@H]1CN([C@@H](C)CO)S(=O)(=O)c2ccc(C3=CCCCC3)cc2O[C@H]1CN(C)C(=O)Nc1ccc2c(c1)OCO2. The quantitative estimate of drug-likeness (QED) is 0.531. The molecule has 2 aliphatic heterocycles. The molecule has 2 aromatic carbocycles. The number of likely N-dealkylation sites (N-methyl/N-ethyl adjacent to an activating group) is 1. The summed E-state index contributed by atoms with van der Waals surface area (Å²) in [6.45, 7) is 3.78. The van der Waals surface area contributed by atoms with E-state index < -0.39 is 22.2 Å². The van der Waals surface area contributed by atoms with Gasteiger partial charge in [0.2, 0.25) is 16.8 Å². The molecule has 216 valence electrons. The minimum atomic E-state index is -3.93. The lowest BCUT2D eigenvalue weighted by atomic mass is 9.93. The lowest BCUT2D eigenvalue weighted by Gasteiger charge is -2.37. The van der Waals surface area contributed by atoms with E-state index in [1.807, 2.05) is 19.1 Å². The van der Waals surface area contributed by atoms with Gasteiger partial charge in [-0.1, -0.05) is 19.1 Å². The number of ether oxygens (including phenoxy) is 3. The van der Waals surface area contributed by atoms with Crippen LogP contribution in [0, 0.1) is 5.92 Å². The Balaban J connectivity index is 1.42. The average Bonchev–Trinajstić information content (AvgIpc) is 3.42. The predicted molar refractivity (Wildman–Crippen MR) is 151 cm³/mol. The average molecular weight is 572 g/mol. The van der Waals surface area contributed by atoms with Gasteiger partial charge in [0.05, 0.1) is 13.2 Å². The van der Waals surface area contributed by atoms with Gasteiger partial charge in [-0.25, -0.2) is 13.2 Å². The van der Waals surface area contributed by atoms with Gasteiger partial charge in [-0.15, -0.1) is 0 Å². The summed E-state index contributed by atoms with van der Waals surface area (Å²) in [5.74, 6) is 1.18. The zero-order valence-electron chi connectivity index (χ0n) is 23.1. The minimum Gasteiger partial charge on any atom is -0.487 e. The number of urea groups is 1. The largest absolute Gasteiger partial charge is 0.487 e. The molecule has 40 heavy (non-hydrogen) atoms. The number of sulfonamides is 1. The number of rotatable bonds is 6. The number of amides is 2. The van der Waals surface area contributed by atoms with Crippen molar-refractivity contribution in [3.05, 3.63) is 48.0 Å². The first-order valence-electron chi connectivity index (χ1n) is 13.7. The van der Waals surface area contributed by atoms with Gasteiger partial charge in [-0.3, -0.25) is 0 Å². The molecule has 5 rings (SSSR count). The van der Waals surface area contributed by atoms with E-state index in [1.165, 1.54) is 14.8 Å². The number of aliphatic hydroxyl groups is 1. The Morgan fingerprint density at radius 2 is 1.95 bits per heavy atom. The van der Waals surface area contributed by atoms with Crippen LogP contribution in [0.3, 0.4) is 0 Å². The van der Waals surface area contributed by atoms with Crippen LogP contribution in [0.5, 0.6) is 17.2 Å². The fraction of sp³-hybridized carbons (Fsp3) is 0.483. The molecular weight excluding hydrogens is 534 g/mol. The molecule has 2 heterocycles. The van der Waals surface area contributed by atoms with Crippen molar-refractivity contribution in [2.45, 2.75) is 56.6 Å². The van der Waals surface area contributed by atoms with E-state index in [4.69, 9.17) is 14.2 Å². The molecule has 10 nitrogen and oxygen atoms in total. The molecule has 2 amide bonds. The molecule has 2 N–H and O–H groups in total. The number of nitrogens with zero attached hydrogens (tertiary/aromatic N) is 2. The minimum absolute atomic E-state index is 0.0670. The first-order chi connectivity index (χ1) is 19.2. The smallest absolute Gasteiger partial charge is 0.321 e. The Morgan fingerprint density at radius 1 is 1.15 bits per heavy atom. The number of hydrogen-bond donors (Lipinski definition) is 2. The van der Waals surface area contributed by atoms with Crippen LogP contribution in [0.4, 0.5) is 10.5 Å². The molecule has 0 unspecified atom stereocenters. The molecule has 11 heteroatoms. The molecule has 2 aromatic rings. The number of benzene rings is 2. The maximum atomic E-state index is 13.8.